The van der Waals surface area contributed by atoms with Gasteiger partial charge in [-0.15, -0.1) is 11.3 Å². The minimum Gasteiger partial charge on any atom is -0.478 e. The lowest BCUT2D eigenvalue weighted by Crippen LogP contribution is -2.34. The second kappa shape index (κ2) is 7.17. The fourth-order valence-corrected chi connectivity index (χ4v) is 2.51. The van der Waals surface area contributed by atoms with E-state index in [-0.39, 0.29) is 5.75 Å². The number of para-hydroxylation sites is 1. The van der Waals surface area contributed by atoms with Crippen LogP contribution in [0.2, 0.25) is 0 Å². The molecule has 2 aromatic rings. The Hall–Kier alpha value is -2.21. The second-order valence-corrected chi connectivity index (χ2v) is 6.06. The molecule has 4 nitrogen and oxygen atoms in total. The number of carbonyl (C=O) groups is 1. The summed E-state index contributed by atoms with van der Waals surface area (Å²) in [6.45, 7) is 5.36. The van der Waals surface area contributed by atoms with Crippen LogP contribution >= 0.6 is 11.3 Å². The summed E-state index contributed by atoms with van der Waals surface area (Å²) in [5, 5.41) is 4.05. The van der Waals surface area contributed by atoms with Gasteiger partial charge in [0, 0.05) is 4.88 Å². The number of hydrogen-bond acceptors (Lipinski definition) is 4. The highest BCUT2D eigenvalue weighted by Crippen LogP contribution is 2.17. The van der Waals surface area contributed by atoms with E-state index in [0.29, 0.717) is 5.71 Å². The Labute approximate surface area is 132 Å². The third-order valence-electron chi connectivity index (χ3n) is 2.94. The zero-order valence-electron chi connectivity index (χ0n) is 12.6. The van der Waals surface area contributed by atoms with Gasteiger partial charge in [-0.2, -0.15) is 5.10 Å². The molecule has 0 saturated heterocycles. The van der Waals surface area contributed by atoms with Crippen LogP contribution in [-0.4, -0.2) is 17.7 Å². The summed E-state index contributed by atoms with van der Waals surface area (Å²) in [5.41, 5.74) is 3.15. The summed E-state index contributed by atoms with van der Waals surface area (Å²) in [4.78, 5) is 14.1. The molecule has 0 spiro atoms. The maximum atomic E-state index is 13.5. The van der Waals surface area contributed by atoms with Crippen molar-refractivity contribution in [1.82, 2.24) is 5.43 Å². The van der Waals surface area contributed by atoms with Gasteiger partial charge < -0.3 is 4.74 Å². The molecular weight excluding hydrogens is 303 g/mol. The van der Waals surface area contributed by atoms with Crippen LogP contribution in [-0.2, 0) is 4.79 Å². The third kappa shape index (κ3) is 4.14. The molecule has 0 fully saturated rings. The first-order valence-corrected chi connectivity index (χ1v) is 7.61. The molecule has 1 heterocycles. The van der Waals surface area contributed by atoms with Gasteiger partial charge in [0.1, 0.15) is 0 Å². The van der Waals surface area contributed by atoms with E-state index in [1.165, 1.54) is 17.0 Å². The van der Waals surface area contributed by atoms with Crippen molar-refractivity contribution in [3.05, 3.63) is 52.0 Å². The largest absolute Gasteiger partial charge is 0.478 e. The molecule has 1 atom stereocenters. The van der Waals surface area contributed by atoms with Crippen molar-refractivity contribution >= 4 is 23.0 Å². The zero-order valence-corrected chi connectivity index (χ0v) is 13.4. The van der Waals surface area contributed by atoms with Crippen LogP contribution < -0.4 is 10.2 Å². The highest BCUT2D eigenvalue weighted by molar-refractivity contribution is 7.14. The molecule has 2 rings (SSSR count). The Kier molecular flexibility index (Phi) is 5.27. The Morgan fingerprint density at radius 1 is 1.32 bits per heavy atom. The lowest BCUT2D eigenvalue weighted by Gasteiger charge is -2.13. The molecule has 116 valence electrons. The van der Waals surface area contributed by atoms with E-state index in [4.69, 9.17) is 4.74 Å². The maximum Gasteiger partial charge on any atom is 0.280 e. The molecule has 0 aliphatic rings. The quantitative estimate of drug-likeness (QED) is 0.677. The molecule has 0 aliphatic carbocycles. The topological polar surface area (TPSA) is 50.7 Å². The number of hydrazone groups is 1. The fraction of sp³-hybridized carbons (Fsp3) is 0.250. The number of ether oxygens (including phenoxy) is 1. The summed E-state index contributed by atoms with van der Waals surface area (Å²) in [6.07, 6.45) is -0.849. The van der Waals surface area contributed by atoms with Gasteiger partial charge in [0.2, 0.25) is 0 Å². The van der Waals surface area contributed by atoms with E-state index in [2.05, 4.69) is 10.5 Å². The van der Waals surface area contributed by atoms with Crippen LogP contribution in [0.3, 0.4) is 0 Å². The average molecular weight is 320 g/mol. The number of halogens is 1. The van der Waals surface area contributed by atoms with Crippen LogP contribution in [0.1, 0.15) is 23.6 Å². The van der Waals surface area contributed by atoms with Gasteiger partial charge in [0.25, 0.3) is 5.91 Å². The minimum atomic E-state index is -0.849. The predicted molar refractivity (Wildman–Crippen MR) is 85.9 cm³/mol. The van der Waals surface area contributed by atoms with Crippen molar-refractivity contribution in [2.75, 3.05) is 0 Å². The number of aryl methyl sites for hydroxylation is 1. The molecule has 1 aromatic carbocycles. The first kappa shape index (κ1) is 16.2. The second-order valence-electron chi connectivity index (χ2n) is 4.77. The van der Waals surface area contributed by atoms with Crippen LogP contribution in [0.4, 0.5) is 4.39 Å². The molecule has 6 heteroatoms. The van der Waals surface area contributed by atoms with Crippen LogP contribution in [0.15, 0.2) is 41.5 Å². The summed E-state index contributed by atoms with van der Waals surface area (Å²) in [6, 6.07) is 9.90. The van der Waals surface area contributed by atoms with Crippen molar-refractivity contribution < 1.29 is 13.9 Å². The number of nitrogens with zero attached hydrogens (tertiary/aromatic N) is 1. The molecule has 0 radical (unpaired) electrons. The van der Waals surface area contributed by atoms with E-state index < -0.39 is 17.8 Å². The molecule has 22 heavy (non-hydrogen) atoms. The molecule has 0 unspecified atom stereocenters. The summed E-state index contributed by atoms with van der Waals surface area (Å²) >= 11 is 1.60. The lowest BCUT2D eigenvalue weighted by molar-refractivity contribution is -0.127. The van der Waals surface area contributed by atoms with Crippen molar-refractivity contribution in [3.63, 3.8) is 0 Å². The zero-order chi connectivity index (χ0) is 16.1. The van der Waals surface area contributed by atoms with E-state index in [9.17, 15) is 9.18 Å². The number of thiophene rings is 1. The standard InChI is InChI=1S/C16H17FN2O2S/c1-10-8-9-15(22-10)11(2)18-19-16(20)12(3)21-14-7-5-4-6-13(14)17/h4-9,12H,1-3H3,(H,19,20)/b18-11-/t12-/m0/s1. The number of amides is 1. The Morgan fingerprint density at radius 2 is 2.05 bits per heavy atom. The van der Waals surface area contributed by atoms with E-state index in [1.807, 2.05) is 26.0 Å². The van der Waals surface area contributed by atoms with Gasteiger partial charge in [-0.1, -0.05) is 12.1 Å². The molecule has 1 amide bonds. The molecular formula is C16H17FN2O2S. The van der Waals surface area contributed by atoms with E-state index in [1.54, 1.807) is 30.4 Å². The van der Waals surface area contributed by atoms with E-state index in [0.717, 1.165) is 4.88 Å². The first-order chi connectivity index (χ1) is 10.5. The van der Waals surface area contributed by atoms with Crippen molar-refractivity contribution in [2.24, 2.45) is 5.10 Å². The van der Waals surface area contributed by atoms with Crippen LogP contribution in [0, 0.1) is 12.7 Å². The molecule has 1 aromatic heterocycles. The highest BCUT2D eigenvalue weighted by atomic mass is 32.1. The highest BCUT2D eigenvalue weighted by Gasteiger charge is 2.16. The van der Waals surface area contributed by atoms with E-state index >= 15 is 0 Å². The number of carbonyl (C=O) groups excluding carboxylic acids is 1. The number of benzene rings is 1. The van der Waals surface area contributed by atoms with Gasteiger partial charge in [-0.25, -0.2) is 9.82 Å². The van der Waals surface area contributed by atoms with Crippen molar-refractivity contribution in [1.29, 1.82) is 0 Å². The van der Waals surface area contributed by atoms with Gasteiger partial charge in [0.15, 0.2) is 17.7 Å². The minimum absolute atomic E-state index is 0.0414. The SMILES string of the molecule is C/C(=N/NC(=O)[C@H](C)Oc1ccccc1F)c1ccc(C)s1. The summed E-state index contributed by atoms with van der Waals surface area (Å²) in [5.74, 6) is -0.897. The normalized spacial score (nSPS) is 12.8. The molecule has 1 N–H and O–H groups in total. The smallest absolute Gasteiger partial charge is 0.280 e. The molecule has 0 bridgehead atoms. The molecule has 0 aliphatic heterocycles. The Bertz CT molecular complexity index is 697. The van der Waals surface area contributed by atoms with Gasteiger partial charge in [-0.3, -0.25) is 4.79 Å². The maximum absolute atomic E-state index is 13.5. The Morgan fingerprint density at radius 3 is 2.68 bits per heavy atom. The first-order valence-electron chi connectivity index (χ1n) is 6.79. The van der Waals surface area contributed by atoms with Crippen LogP contribution in [0.5, 0.6) is 5.75 Å². The number of nitrogens with one attached hydrogen (secondary N) is 1. The van der Waals surface area contributed by atoms with Crippen molar-refractivity contribution in [3.8, 4) is 5.75 Å². The van der Waals surface area contributed by atoms with Crippen molar-refractivity contribution in [2.45, 2.75) is 26.9 Å². The van der Waals surface area contributed by atoms with Crippen LogP contribution in [0.25, 0.3) is 0 Å². The number of rotatable bonds is 5. The lowest BCUT2D eigenvalue weighted by atomic mass is 10.3. The fourth-order valence-electron chi connectivity index (χ4n) is 1.70. The predicted octanol–water partition coefficient (Wildman–Crippen LogP) is 3.50. The monoisotopic (exact) mass is 320 g/mol. The van der Waals surface area contributed by atoms with Gasteiger partial charge >= 0.3 is 0 Å². The van der Waals surface area contributed by atoms with Gasteiger partial charge in [0.05, 0.1) is 10.6 Å². The Balaban J connectivity index is 1.95. The summed E-state index contributed by atoms with van der Waals surface area (Å²) < 4.78 is 18.8. The summed E-state index contributed by atoms with van der Waals surface area (Å²) in [7, 11) is 0. The number of hydrogen-bond donors (Lipinski definition) is 1. The molecule has 0 saturated carbocycles. The van der Waals surface area contributed by atoms with Gasteiger partial charge in [-0.05, 0) is 45.0 Å². The average Bonchev–Trinajstić information content (AvgIpc) is 2.93. The third-order valence-corrected chi connectivity index (χ3v) is 4.05.